The number of carbonyl (C=O) groups is 1. The third kappa shape index (κ3) is 4.38. The number of halogens is 1. The maximum atomic E-state index is 13.6. The summed E-state index contributed by atoms with van der Waals surface area (Å²) in [5, 5.41) is 0.567. The third-order valence-electron chi connectivity index (χ3n) is 5.43. The van der Waals surface area contributed by atoms with Crippen LogP contribution in [0.25, 0.3) is 6.08 Å². The lowest BCUT2D eigenvalue weighted by Gasteiger charge is -2.24. The summed E-state index contributed by atoms with van der Waals surface area (Å²) in [6.45, 7) is 5.69. The van der Waals surface area contributed by atoms with Crippen molar-refractivity contribution < 1.29 is 14.3 Å². The zero-order valence-electron chi connectivity index (χ0n) is 18.7. The molecule has 1 atom stereocenters. The Bertz CT molecular complexity index is 1430. The number of allylic oxidation sites excluding steroid dienone is 1. The van der Waals surface area contributed by atoms with Crippen LogP contribution in [-0.4, -0.2) is 24.3 Å². The van der Waals surface area contributed by atoms with E-state index in [1.807, 2.05) is 43.3 Å². The number of aromatic nitrogens is 1. The molecule has 0 N–H and O–H groups in total. The number of fused-ring (bicyclic) bond motifs is 1. The largest absolute Gasteiger partial charge is 0.496 e. The molecule has 0 spiro atoms. The molecule has 0 saturated heterocycles. The summed E-state index contributed by atoms with van der Waals surface area (Å²) in [5.74, 6) is 0.257. The Hall–Kier alpha value is -3.16. The van der Waals surface area contributed by atoms with E-state index in [1.165, 1.54) is 11.3 Å². The molecule has 4 rings (SSSR count). The molecule has 1 aliphatic heterocycles. The highest BCUT2D eigenvalue weighted by Gasteiger charge is 2.33. The summed E-state index contributed by atoms with van der Waals surface area (Å²) in [5.41, 5.74) is 3.24. The Morgan fingerprint density at radius 3 is 2.61 bits per heavy atom. The van der Waals surface area contributed by atoms with Gasteiger partial charge in [-0.25, -0.2) is 9.79 Å². The van der Waals surface area contributed by atoms with E-state index in [4.69, 9.17) is 21.1 Å². The highest BCUT2D eigenvalue weighted by Crippen LogP contribution is 2.31. The van der Waals surface area contributed by atoms with E-state index in [2.05, 4.69) is 4.99 Å². The summed E-state index contributed by atoms with van der Waals surface area (Å²) < 4.78 is 12.8. The Morgan fingerprint density at radius 2 is 1.94 bits per heavy atom. The quantitative estimate of drug-likeness (QED) is 0.519. The molecule has 170 valence electrons. The van der Waals surface area contributed by atoms with Crippen LogP contribution in [0.1, 0.15) is 36.6 Å². The fourth-order valence-electron chi connectivity index (χ4n) is 3.83. The van der Waals surface area contributed by atoms with Crippen molar-refractivity contribution in [2.45, 2.75) is 26.8 Å². The van der Waals surface area contributed by atoms with Crippen molar-refractivity contribution in [2.75, 3.05) is 13.7 Å². The van der Waals surface area contributed by atoms with Gasteiger partial charge in [0, 0.05) is 5.02 Å². The molecule has 33 heavy (non-hydrogen) atoms. The molecular weight excluding hydrogens is 460 g/mol. The molecule has 6 nitrogen and oxygen atoms in total. The van der Waals surface area contributed by atoms with Crippen LogP contribution in [0.5, 0.6) is 5.75 Å². The third-order valence-corrected chi connectivity index (χ3v) is 6.67. The first-order valence-corrected chi connectivity index (χ1v) is 11.6. The number of aryl methyl sites for hydroxylation is 1. The Kier molecular flexibility index (Phi) is 6.54. The number of ether oxygens (including phenoxy) is 2. The smallest absolute Gasteiger partial charge is 0.338 e. The van der Waals surface area contributed by atoms with Crippen LogP contribution in [0.4, 0.5) is 0 Å². The fraction of sp³-hybridized carbons (Fsp3) is 0.240. The van der Waals surface area contributed by atoms with Gasteiger partial charge in [-0.3, -0.25) is 9.36 Å². The van der Waals surface area contributed by atoms with Gasteiger partial charge in [-0.2, -0.15) is 0 Å². The van der Waals surface area contributed by atoms with E-state index >= 15 is 0 Å². The molecule has 0 bridgehead atoms. The van der Waals surface area contributed by atoms with E-state index in [0.717, 1.165) is 22.4 Å². The first kappa shape index (κ1) is 23.0. The SMILES string of the molecule is CCOC(=O)C1=C(C)N=c2sc(=Cc3ccc(C)c(OC)c3)c(=O)n2C1c1ccc(Cl)cc1. The van der Waals surface area contributed by atoms with Crippen LogP contribution in [-0.2, 0) is 9.53 Å². The second kappa shape index (κ2) is 9.37. The van der Waals surface area contributed by atoms with E-state index in [-0.39, 0.29) is 12.2 Å². The summed E-state index contributed by atoms with van der Waals surface area (Å²) in [7, 11) is 1.62. The Balaban J connectivity index is 1.94. The van der Waals surface area contributed by atoms with Gasteiger partial charge in [0.15, 0.2) is 4.80 Å². The number of hydrogen-bond acceptors (Lipinski definition) is 6. The average Bonchev–Trinajstić information content (AvgIpc) is 3.09. The van der Waals surface area contributed by atoms with Gasteiger partial charge in [-0.15, -0.1) is 0 Å². The first-order valence-electron chi connectivity index (χ1n) is 10.4. The molecule has 1 unspecified atom stereocenters. The number of methoxy groups -OCH3 is 1. The number of thiazole rings is 1. The predicted octanol–water partition coefficient (Wildman–Crippen LogP) is 3.77. The maximum absolute atomic E-state index is 13.6. The van der Waals surface area contributed by atoms with Gasteiger partial charge < -0.3 is 9.47 Å². The Labute approximate surface area is 200 Å². The highest BCUT2D eigenvalue weighted by atomic mass is 35.5. The van der Waals surface area contributed by atoms with Gasteiger partial charge in [0.2, 0.25) is 0 Å². The predicted molar refractivity (Wildman–Crippen MR) is 130 cm³/mol. The van der Waals surface area contributed by atoms with Crippen LogP contribution in [0.2, 0.25) is 5.02 Å². The van der Waals surface area contributed by atoms with E-state index in [0.29, 0.717) is 25.6 Å². The van der Waals surface area contributed by atoms with Crippen LogP contribution >= 0.6 is 22.9 Å². The number of hydrogen-bond donors (Lipinski definition) is 0. The summed E-state index contributed by atoms with van der Waals surface area (Å²) in [4.78, 5) is 31.6. The van der Waals surface area contributed by atoms with Crippen molar-refractivity contribution in [1.82, 2.24) is 4.57 Å². The van der Waals surface area contributed by atoms with E-state index in [9.17, 15) is 9.59 Å². The van der Waals surface area contributed by atoms with E-state index in [1.54, 1.807) is 37.7 Å². The minimum absolute atomic E-state index is 0.225. The van der Waals surface area contributed by atoms with Crippen LogP contribution < -0.4 is 19.6 Å². The number of carbonyl (C=O) groups excluding carboxylic acids is 1. The molecule has 1 aromatic heterocycles. The monoisotopic (exact) mass is 482 g/mol. The minimum Gasteiger partial charge on any atom is -0.496 e. The van der Waals surface area contributed by atoms with Crippen LogP contribution in [0.3, 0.4) is 0 Å². The lowest BCUT2D eigenvalue weighted by Crippen LogP contribution is -2.39. The lowest BCUT2D eigenvalue weighted by atomic mass is 9.96. The topological polar surface area (TPSA) is 69.9 Å². The summed E-state index contributed by atoms with van der Waals surface area (Å²) in [6, 6.07) is 12.2. The zero-order valence-corrected chi connectivity index (χ0v) is 20.3. The van der Waals surface area contributed by atoms with Crippen molar-refractivity contribution in [3.63, 3.8) is 0 Å². The minimum atomic E-state index is -0.660. The molecule has 2 heterocycles. The molecular formula is C25H23ClN2O4S. The molecule has 3 aromatic rings. The molecule has 0 fully saturated rings. The van der Waals surface area contributed by atoms with Crippen molar-refractivity contribution in [3.8, 4) is 5.75 Å². The van der Waals surface area contributed by atoms with Gasteiger partial charge in [0.1, 0.15) is 5.75 Å². The van der Waals surface area contributed by atoms with E-state index < -0.39 is 12.0 Å². The second-order valence-corrected chi connectivity index (χ2v) is 9.03. The van der Waals surface area contributed by atoms with Gasteiger partial charge in [-0.05, 0) is 61.7 Å². The normalized spacial score (nSPS) is 15.8. The average molecular weight is 483 g/mol. The standard InChI is InChI=1S/C25H23ClN2O4S/c1-5-32-24(30)21-15(3)27-25-28(22(21)17-8-10-18(26)11-9-17)23(29)20(33-25)13-16-7-6-14(2)19(12-16)31-4/h6-13,22H,5H2,1-4H3. The molecule has 0 saturated carbocycles. The molecule has 0 aliphatic carbocycles. The van der Waals surface area contributed by atoms with Gasteiger partial charge in [0.25, 0.3) is 5.56 Å². The number of rotatable bonds is 5. The number of nitrogens with zero attached hydrogens (tertiary/aromatic N) is 2. The second-order valence-electron chi connectivity index (χ2n) is 7.58. The lowest BCUT2D eigenvalue weighted by molar-refractivity contribution is -0.139. The van der Waals surface area contributed by atoms with Crippen molar-refractivity contribution in [2.24, 2.45) is 4.99 Å². The van der Waals surface area contributed by atoms with Gasteiger partial charge in [0.05, 0.1) is 35.6 Å². The van der Waals surface area contributed by atoms with Crippen LogP contribution in [0.15, 0.2) is 63.5 Å². The molecule has 0 amide bonds. The van der Waals surface area contributed by atoms with Crippen molar-refractivity contribution in [3.05, 3.63) is 95.1 Å². The summed E-state index contributed by atoms with van der Waals surface area (Å²) in [6.07, 6.45) is 1.81. The maximum Gasteiger partial charge on any atom is 0.338 e. The van der Waals surface area contributed by atoms with Gasteiger partial charge in [-0.1, -0.05) is 47.2 Å². The molecule has 8 heteroatoms. The molecule has 1 aliphatic rings. The first-order chi connectivity index (χ1) is 15.8. The summed E-state index contributed by atoms with van der Waals surface area (Å²) >= 11 is 7.37. The van der Waals surface area contributed by atoms with Crippen molar-refractivity contribution >= 4 is 35.0 Å². The fourth-order valence-corrected chi connectivity index (χ4v) is 5.00. The highest BCUT2D eigenvalue weighted by molar-refractivity contribution is 7.07. The van der Waals surface area contributed by atoms with Gasteiger partial charge >= 0.3 is 5.97 Å². The van der Waals surface area contributed by atoms with Crippen LogP contribution in [0, 0.1) is 6.92 Å². The van der Waals surface area contributed by atoms with Crippen molar-refractivity contribution in [1.29, 1.82) is 0 Å². The zero-order chi connectivity index (χ0) is 23.7. The Morgan fingerprint density at radius 1 is 1.21 bits per heavy atom. The molecule has 2 aromatic carbocycles. The molecule has 0 radical (unpaired) electrons. The number of benzene rings is 2. The number of esters is 1.